The molecule has 1 aromatic rings. The summed E-state index contributed by atoms with van der Waals surface area (Å²) < 4.78 is 0. The van der Waals surface area contributed by atoms with E-state index in [0.29, 0.717) is 35.3 Å². The second-order valence-corrected chi connectivity index (χ2v) is 8.83. The van der Waals surface area contributed by atoms with Gasteiger partial charge < -0.3 is 15.1 Å². The van der Waals surface area contributed by atoms with Crippen molar-refractivity contribution in [2.75, 3.05) is 31.1 Å². The van der Waals surface area contributed by atoms with Gasteiger partial charge in [0.25, 0.3) is 5.91 Å². The minimum atomic E-state index is -0.0205. The highest BCUT2D eigenvalue weighted by atomic mass is 16.2. The van der Waals surface area contributed by atoms with E-state index in [1.54, 1.807) is 6.20 Å². The Morgan fingerprint density at radius 2 is 2.07 bits per heavy atom. The molecule has 27 heavy (non-hydrogen) atoms. The first-order chi connectivity index (χ1) is 13.2. The van der Waals surface area contributed by atoms with Crippen molar-refractivity contribution >= 4 is 17.6 Å². The van der Waals surface area contributed by atoms with E-state index < -0.39 is 0 Å². The van der Waals surface area contributed by atoms with Crippen molar-refractivity contribution in [3.05, 3.63) is 23.9 Å². The Bertz CT molecular complexity index is 730. The molecule has 1 aromatic heterocycles. The molecule has 4 heterocycles. The Balaban J connectivity index is 1.25. The molecule has 0 unspecified atom stereocenters. The van der Waals surface area contributed by atoms with Crippen LogP contribution in [0.25, 0.3) is 0 Å². The predicted molar refractivity (Wildman–Crippen MR) is 102 cm³/mol. The third-order valence-corrected chi connectivity index (χ3v) is 6.76. The number of carbonyl (C=O) groups excluding carboxylic acids is 2. The van der Waals surface area contributed by atoms with Gasteiger partial charge >= 0.3 is 0 Å². The van der Waals surface area contributed by atoms with Crippen LogP contribution in [0.1, 0.15) is 48.9 Å². The number of rotatable bonds is 4. The molecular formula is C21H28N4O2. The van der Waals surface area contributed by atoms with Crippen molar-refractivity contribution in [2.45, 2.75) is 44.6 Å². The van der Waals surface area contributed by atoms with Crippen LogP contribution < -0.4 is 10.2 Å². The predicted octanol–water partition coefficient (Wildman–Crippen LogP) is 2.06. The zero-order chi connectivity index (χ0) is 18.4. The van der Waals surface area contributed by atoms with Gasteiger partial charge in [-0.1, -0.05) is 0 Å². The highest BCUT2D eigenvalue weighted by Gasteiger charge is 2.44. The number of carbonyl (C=O) groups is 2. The number of pyridine rings is 1. The van der Waals surface area contributed by atoms with E-state index in [4.69, 9.17) is 0 Å². The summed E-state index contributed by atoms with van der Waals surface area (Å²) in [5.41, 5.74) is 0.639. The lowest BCUT2D eigenvalue weighted by molar-refractivity contribution is -0.142. The molecule has 144 valence electrons. The van der Waals surface area contributed by atoms with Crippen LogP contribution in [-0.2, 0) is 4.79 Å². The molecule has 3 aliphatic heterocycles. The zero-order valence-electron chi connectivity index (χ0n) is 15.8. The minimum absolute atomic E-state index is 0.0205. The van der Waals surface area contributed by atoms with Crippen LogP contribution in [0.2, 0.25) is 0 Å². The van der Waals surface area contributed by atoms with Crippen LogP contribution >= 0.6 is 0 Å². The summed E-state index contributed by atoms with van der Waals surface area (Å²) in [4.78, 5) is 33.6. The number of fused-ring (bicyclic) bond motifs is 4. The van der Waals surface area contributed by atoms with Crippen molar-refractivity contribution < 1.29 is 9.59 Å². The number of anilines is 1. The number of nitrogens with one attached hydrogen (secondary N) is 1. The Hall–Kier alpha value is -2.11. The molecule has 0 radical (unpaired) electrons. The Morgan fingerprint density at radius 1 is 1.19 bits per heavy atom. The number of hydrogen-bond acceptors (Lipinski definition) is 4. The maximum absolute atomic E-state index is 12.3. The van der Waals surface area contributed by atoms with E-state index >= 15 is 0 Å². The average molecular weight is 368 g/mol. The molecule has 1 N–H and O–H groups in total. The number of hydrogen-bond donors (Lipinski definition) is 1. The van der Waals surface area contributed by atoms with Gasteiger partial charge in [-0.2, -0.15) is 0 Å². The lowest BCUT2D eigenvalue weighted by Crippen LogP contribution is -2.60. The van der Waals surface area contributed by atoms with Crippen LogP contribution in [0.15, 0.2) is 18.3 Å². The molecule has 6 nitrogen and oxygen atoms in total. The van der Waals surface area contributed by atoms with Crippen LogP contribution in [0.5, 0.6) is 0 Å². The lowest BCUT2D eigenvalue weighted by Gasteiger charge is -2.52. The van der Waals surface area contributed by atoms with Crippen molar-refractivity contribution in [2.24, 2.45) is 17.8 Å². The number of nitrogens with zero attached hydrogens (tertiary/aromatic N) is 3. The summed E-state index contributed by atoms with van der Waals surface area (Å²) >= 11 is 0. The summed E-state index contributed by atoms with van der Waals surface area (Å²) in [6.45, 7) is 3.60. The van der Waals surface area contributed by atoms with Crippen molar-refractivity contribution in [1.82, 2.24) is 15.2 Å². The van der Waals surface area contributed by atoms with Crippen LogP contribution in [0.3, 0.4) is 0 Å². The largest absolute Gasteiger partial charge is 0.356 e. The highest BCUT2D eigenvalue weighted by molar-refractivity contribution is 5.94. The molecule has 5 rings (SSSR count). The third-order valence-electron chi connectivity index (χ3n) is 6.76. The summed E-state index contributed by atoms with van der Waals surface area (Å²) in [6, 6.07) is 4.29. The topological polar surface area (TPSA) is 65.5 Å². The average Bonchev–Trinajstić information content (AvgIpc) is 3.51. The van der Waals surface area contributed by atoms with Crippen LogP contribution in [0, 0.1) is 17.8 Å². The molecule has 0 aromatic carbocycles. The SMILES string of the molecule is O=C(NCC1CC1)c1ccc(N2C[C@H]3C[C@H](C2)[C@H]2CCCC(=O)N2C3)nc1. The van der Waals surface area contributed by atoms with E-state index in [9.17, 15) is 9.59 Å². The summed E-state index contributed by atoms with van der Waals surface area (Å²) in [7, 11) is 0. The van der Waals surface area contributed by atoms with Gasteiger partial charge in [-0.15, -0.1) is 0 Å². The number of aromatic nitrogens is 1. The molecule has 4 aliphatic rings. The molecule has 3 atom stereocenters. The molecular weight excluding hydrogens is 340 g/mol. The van der Waals surface area contributed by atoms with Gasteiger partial charge in [0.05, 0.1) is 5.56 Å². The molecule has 3 saturated heterocycles. The molecule has 2 amide bonds. The fourth-order valence-electron chi connectivity index (χ4n) is 5.17. The van der Waals surface area contributed by atoms with Gasteiger partial charge in [-0.25, -0.2) is 4.98 Å². The standard InChI is InChI=1S/C21H28N4O2/c26-20-3-1-2-18-17-8-15(12-25(18)20)11-24(13-17)19-7-6-16(10-22-19)21(27)23-9-14-4-5-14/h6-7,10,14-15,17-18H,1-5,8-9,11-13H2,(H,23,27)/t15-,17-,18-/m1/s1. The van der Waals surface area contributed by atoms with Crippen LogP contribution in [0.4, 0.5) is 5.82 Å². The molecule has 1 aliphatic carbocycles. The summed E-state index contributed by atoms with van der Waals surface area (Å²) in [6.07, 6.45) is 8.31. The van der Waals surface area contributed by atoms with Gasteiger partial charge in [0.1, 0.15) is 5.82 Å². The second-order valence-electron chi connectivity index (χ2n) is 8.83. The fourth-order valence-corrected chi connectivity index (χ4v) is 5.17. The number of amides is 2. The fraction of sp³-hybridized carbons (Fsp3) is 0.667. The minimum Gasteiger partial charge on any atom is -0.356 e. The normalized spacial score (nSPS) is 30.1. The molecule has 2 bridgehead atoms. The van der Waals surface area contributed by atoms with Gasteiger partial charge in [0.15, 0.2) is 0 Å². The first-order valence-electron chi connectivity index (χ1n) is 10.5. The first-order valence-corrected chi connectivity index (χ1v) is 10.5. The van der Waals surface area contributed by atoms with Crippen molar-refractivity contribution in [3.8, 4) is 0 Å². The Labute approximate surface area is 160 Å². The van der Waals surface area contributed by atoms with E-state index in [1.165, 1.54) is 19.3 Å². The number of piperidine rings is 3. The first kappa shape index (κ1) is 17.0. The monoisotopic (exact) mass is 368 g/mol. The lowest BCUT2D eigenvalue weighted by atomic mass is 9.76. The molecule has 0 spiro atoms. The smallest absolute Gasteiger partial charge is 0.252 e. The van der Waals surface area contributed by atoms with Gasteiger partial charge in [0.2, 0.25) is 5.91 Å². The highest BCUT2D eigenvalue weighted by Crippen LogP contribution is 2.38. The Kier molecular flexibility index (Phi) is 4.29. The van der Waals surface area contributed by atoms with E-state index in [1.807, 2.05) is 12.1 Å². The summed E-state index contributed by atoms with van der Waals surface area (Å²) in [5, 5.41) is 3.00. The van der Waals surface area contributed by atoms with E-state index in [0.717, 1.165) is 51.3 Å². The van der Waals surface area contributed by atoms with Gasteiger partial charge in [-0.05, 0) is 62.0 Å². The van der Waals surface area contributed by atoms with Gasteiger partial charge in [-0.3, -0.25) is 9.59 Å². The van der Waals surface area contributed by atoms with Crippen molar-refractivity contribution in [1.29, 1.82) is 0 Å². The molecule has 6 heteroatoms. The van der Waals surface area contributed by atoms with E-state index in [2.05, 4.69) is 20.1 Å². The maximum Gasteiger partial charge on any atom is 0.252 e. The molecule has 4 fully saturated rings. The van der Waals surface area contributed by atoms with E-state index in [-0.39, 0.29) is 5.91 Å². The summed E-state index contributed by atoms with van der Waals surface area (Å²) in [5.74, 6) is 3.05. The van der Waals surface area contributed by atoms with Crippen LogP contribution in [-0.4, -0.2) is 53.9 Å². The third kappa shape index (κ3) is 3.42. The zero-order valence-corrected chi connectivity index (χ0v) is 15.8. The van der Waals surface area contributed by atoms with Gasteiger partial charge in [0, 0.05) is 44.8 Å². The molecule has 1 saturated carbocycles. The second kappa shape index (κ2) is 6.80. The Morgan fingerprint density at radius 3 is 2.85 bits per heavy atom. The maximum atomic E-state index is 12.3. The van der Waals surface area contributed by atoms with Crippen molar-refractivity contribution in [3.63, 3.8) is 0 Å². The quantitative estimate of drug-likeness (QED) is 0.883.